The Kier molecular flexibility index (Phi) is 8.60. The number of para-hydroxylation sites is 1. The summed E-state index contributed by atoms with van der Waals surface area (Å²) in [5.74, 6) is 0.155. The zero-order valence-corrected chi connectivity index (χ0v) is 23.2. The number of aryl methyl sites for hydroxylation is 1. The first-order valence-electron chi connectivity index (χ1n) is 13.5. The van der Waals surface area contributed by atoms with Gasteiger partial charge in [-0.3, -0.25) is 24.8 Å². The van der Waals surface area contributed by atoms with Crippen LogP contribution in [-0.2, 0) is 9.53 Å². The average molecular weight is 551 g/mol. The third kappa shape index (κ3) is 6.32. The number of hydrogen-bond donors (Lipinski definition) is 1. The molecule has 0 spiro atoms. The van der Waals surface area contributed by atoms with Gasteiger partial charge in [-0.1, -0.05) is 23.7 Å². The lowest BCUT2D eigenvalue weighted by molar-refractivity contribution is -0.126. The number of aromatic nitrogens is 3. The van der Waals surface area contributed by atoms with E-state index in [-0.39, 0.29) is 24.0 Å². The molecule has 10 heteroatoms. The normalized spacial score (nSPS) is 20.5. The maximum Gasteiger partial charge on any atom is 0.258 e. The van der Waals surface area contributed by atoms with Crippen LogP contribution >= 0.6 is 11.6 Å². The molecule has 3 aromatic rings. The van der Waals surface area contributed by atoms with E-state index in [9.17, 15) is 9.59 Å². The molecule has 1 aromatic carbocycles. The van der Waals surface area contributed by atoms with Crippen LogP contribution in [0.5, 0.6) is 0 Å². The Morgan fingerprint density at radius 2 is 2.05 bits per heavy atom. The van der Waals surface area contributed by atoms with Gasteiger partial charge in [-0.15, -0.1) is 0 Å². The van der Waals surface area contributed by atoms with Gasteiger partial charge in [-0.05, 0) is 56.9 Å². The first kappa shape index (κ1) is 27.3. The first-order valence-corrected chi connectivity index (χ1v) is 13.9. The Hall–Kier alpha value is -3.27. The fourth-order valence-corrected chi connectivity index (χ4v) is 5.77. The van der Waals surface area contributed by atoms with Gasteiger partial charge < -0.3 is 14.2 Å². The summed E-state index contributed by atoms with van der Waals surface area (Å²) < 4.78 is 7.45. The van der Waals surface area contributed by atoms with Crippen molar-refractivity contribution in [1.82, 2.24) is 24.3 Å². The van der Waals surface area contributed by atoms with Crippen molar-refractivity contribution in [2.45, 2.75) is 44.8 Å². The highest BCUT2D eigenvalue weighted by Crippen LogP contribution is 2.34. The van der Waals surface area contributed by atoms with Crippen LogP contribution in [0.25, 0.3) is 11.0 Å². The van der Waals surface area contributed by atoms with Crippen molar-refractivity contribution in [1.29, 1.82) is 0 Å². The second-order valence-electron chi connectivity index (χ2n) is 10.3. The minimum atomic E-state index is -0.268. The molecule has 206 valence electrons. The molecule has 5 rings (SSSR count). The third-order valence-corrected chi connectivity index (χ3v) is 7.86. The van der Waals surface area contributed by atoms with E-state index in [4.69, 9.17) is 21.3 Å². The maximum atomic E-state index is 13.2. The lowest BCUT2D eigenvalue weighted by atomic mass is 10.1. The summed E-state index contributed by atoms with van der Waals surface area (Å²) in [7, 11) is 1.75. The third-order valence-electron chi connectivity index (χ3n) is 7.55. The number of carbonyl (C=O) groups is 2. The predicted octanol–water partition coefficient (Wildman–Crippen LogP) is 4.48. The Morgan fingerprint density at radius 1 is 1.18 bits per heavy atom. The van der Waals surface area contributed by atoms with Crippen LogP contribution in [0.2, 0.25) is 5.02 Å². The molecule has 0 saturated carbocycles. The summed E-state index contributed by atoms with van der Waals surface area (Å²) in [4.78, 5) is 39.5. The van der Waals surface area contributed by atoms with Crippen LogP contribution in [0.4, 0.5) is 5.95 Å². The Labute approximate surface area is 233 Å². The molecule has 2 aliphatic heterocycles. The molecule has 1 N–H and O–H groups in total. The van der Waals surface area contributed by atoms with Crippen molar-refractivity contribution in [2.24, 2.45) is 0 Å². The minimum absolute atomic E-state index is 0.00208. The number of methoxy groups -OCH3 is 1. The fraction of sp³-hybridized carbons (Fsp3) is 0.448. The second-order valence-corrected chi connectivity index (χ2v) is 10.7. The Morgan fingerprint density at radius 3 is 2.85 bits per heavy atom. The fourth-order valence-electron chi connectivity index (χ4n) is 5.50. The lowest BCUT2D eigenvalue weighted by Crippen LogP contribution is -2.35. The largest absolute Gasteiger partial charge is 0.380 e. The van der Waals surface area contributed by atoms with Crippen molar-refractivity contribution in [3.8, 4) is 0 Å². The molecule has 4 heterocycles. The minimum Gasteiger partial charge on any atom is -0.380 e. The molecule has 2 aromatic heterocycles. The summed E-state index contributed by atoms with van der Waals surface area (Å²) >= 11 is 6.67. The van der Waals surface area contributed by atoms with Gasteiger partial charge in [0.25, 0.3) is 5.91 Å². The van der Waals surface area contributed by atoms with Gasteiger partial charge in [-0.25, -0.2) is 4.98 Å². The number of rotatable bonds is 7. The van der Waals surface area contributed by atoms with Crippen LogP contribution in [0.1, 0.15) is 47.8 Å². The van der Waals surface area contributed by atoms with E-state index >= 15 is 0 Å². The smallest absolute Gasteiger partial charge is 0.258 e. The number of ether oxygens (including phenoxy) is 1. The molecule has 2 atom stereocenters. The van der Waals surface area contributed by atoms with Gasteiger partial charge >= 0.3 is 0 Å². The Balaban J connectivity index is 1.37. The van der Waals surface area contributed by atoms with Crippen molar-refractivity contribution in [2.75, 3.05) is 45.2 Å². The summed E-state index contributed by atoms with van der Waals surface area (Å²) in [6, 6.07) is 8.89. The summed E-state index contributed by atoms with van der Waals surface area (Å²) in [6.07, 6.45) is 9.26. The molecule has 0 aliphatic carbocycles. The van der Waals surface area contributed by atoms with Crippen molar-refractivity contribution in [3.63, 3.8) is 0 Å². The number of fused-ring (bicyclic) bond motifs is 1. The number of anilines is 1. The maximum absolute atomic E-state index is 13.2. The molecule has 2 amide bonds. The molecule has 2 fully saturated rings. The van der Waals surface area contributed by atoms with Gasteiger partial charge in [0.2, 0.25) is 11.9 Å². The Bertz CT molecular complexity index is 1370. The van der Waals surface area contributed by atoms with Gasteiger partial charge in [0.15, 0.2) is 0 Å². The zero-order chi connectivity index (χ0) is 27.4. The van der Waals surface area contributed by atoms with Gasteiger partial charge in [0.05, 0.1) is 28.2 Å². The van der Waals surface area contributed by atoms with E-state index in [0.29, 0.717) is 35.1 Å². The molecular formula is C29H35ClN6O3. The summed E-state index contributed by atoms with van der Waals surface area (Å²) in [6.45, 7) is 5.64. The summed E-state index contributed by atoms with van der Waals surface area (Å²) in [5, 5.41) is 3.56. The topological polar surface area (TPSA) is 92.6 Å². The summed E-state index contributed by atoms with van der Waals surface area (Å²) in [5.41, 5.74) is 2.72. The predicted molar refractivity (Wildman–Crippen MR) is 152 cm³/mol. The van der Waals surface area contributed by atoms with Crippen molar-refractivity contribution in [3.05, 3.63) is 65.0 Å². The van der Waals surface area contributed by atoms with Crippen LogP contribution in [0.3, 0.4) is 0 Å². The van der Waals surface area contributed by atoms with E-state index in [2.05, 4.69) is 15.2 Å². The van der Waals surface area contributed by atoms with E-state index in [1.54, 1.807) is 31.5 Å². The number of halogens is 1. The number of amides is 2. The SMILES string of the molecule is COC1CCN(CC=CC(=O)N2CCCCC(n3c(NC(=O)c4ccnc(C)c4)nc4cccc(Cl)c43)C2)C1. The quantitative estimate of drug-likeness (QED) is 0.436. The number of pyridine rings is 1. The highest BCUT2D eigenvalue weighted by atomic mass is 35.5. The van der Waals surface area contributed by atoms with Crippen LogP contribution in [0, 0.1) is 6.92 Å². The number of nitrogens with zero attached hydrogens (tertiary/aromatic N) is 5. The zero-order valence-electron chi connectivity index (χ0n) is 22.5. The van der Waals surface area contributed by atoms with Crippen LogP contribution in [-0.4, -0.2) is 82.1 Å². The molecule has 2 unspecified atom stereocenters. The van der Waals surface area contributed by atoms with Gasteiger partial charge in [-0.2, -0.15) is 0 Å². The molecule has 39 heavy (non-hydrogen) atoms. The average Bonchev–Trinajstić information content (AvgIpc) is 3.45. The van der Waals surface area contributed by atoms with Crippen molar-refractivity contribution >= 4 is 40.4 Å². The van der Waals surface area contributed by atoms with E-state index < -0.39 is 0 Å². The molecule has 2 aliphatic rings. The standard InChI is InChI=1S/C29H35ClN6O3/c1-20-17-21(11-13-31-20)28(38)33-29-32-25-9-5-8-24(30)27(25)36(29)22-7-3-4-15-35(18-22)26(37)10-6-14-34-16-12-23(19-34)39-2/h5-6,8-11,13,17,22-23H,3-4,7,12,14-16,18-19H2,1-2H3,(H,32,33,38). The molecule has 0 radical (unpaired) electrons. The first-order chi connectivity index (χ1) is 18.9. The van der Waals surface area contributed by atoms with Crippen molar-refractivity contribution < 1.29 is 14.3 Å². The molecular weight excluding hydrogens is 516 g/mol. The highest BCUT2D eigenvalue weighted by molar-refractivity contribution is 6.35. The molecule has 9 nitrogen and oxygen atoms in total. The molecule has 0 bridgehead atoms. The van der Waals surface area contributed by atoms with Gasteiger partial charge in [0.1, 0.15) is 0 Å². The van der Waals surface area contributed by atoms with Crippen LogP contribution in [0.15, 0.2) is 48.7 Å². The number of likely N-dealkylation sites (tertiary alicyclic amines) is 2. The van der Waals surface area contributed by atoms with E-state index in [0.717, 1.165) is 56.5 Å². The van der Waals surface area contributed by atoms with E-state index in [1.165, 1.54) is 0 Å². The lowest BCUT2D eigenvalue weighted by Gasteiger charge is -2.26. The number of carbonyl (C=O) groups excluding carboxylic acids is 2. The number of imidazole rings is 1. The van der Waals surface area contributed by atoms with Crippen LogP contribution < -0.4 is 5.32 Å². The number of hydrogen-bond acceptors (Lipinski definition) is 6. The number of benzene rings is 1. The second kappa shape index (κ2) is 12.3. The van der Waals surface area contributed by atoms with E-state index in [1.807, 2.05) is 40.7 Å². The highest BCUT2D eigenvalue weighted by Gasteiger charge is 2.28. The number of nitrogens with one attached hydrogen (secondary N) is 1. The monoisotopic (exact) mass is 550 g/mol. The molecule has 2 saturated heterocycles. The van der Waals surface area contributed by atoms with Gasteiger partial charge in [0, 0.05) is 63.4 Å².